The highest BCUT2D eigenvalue weighted by Gasteiger charge is 2.30. The average Bonchev–Trinajstić information content (AvgIpc) is 3.24. The lowest BCUT2D eigenvalue weighted by molar-refractivity contribution is -0.137. The van der Waals surface area contributed by atoms with E-state index in [0.29, 0.717) is 12.3 Å². The van der Waals surface area contributed by atoms with E-state index in [9.17, 15) is 9.59 Å². The Morgan fingerprint density at radius 3 is 2.96 bits per heavy atom. The molecule has 6 nitrogen and oxygen atoms in total. The number of nitrogens with zero attached hydrogens (tertiary/aromatic N) is 4. The van der Waals surface area contributed by atoms with Crippen molar-refractivity contribution in [2.45, 2.75) is 32.7 Å². The summed E-state index contributed by atoms with van der Waals surface area (Å²) in [5, 5.41) is 0. The van der Waals surface area contributed by atoms with Crippen molar-refractivity contribution < 1.29 is 9.59 Å². The zero-order valence-corrected chi connectivity index (χ0v) is 15.3. The zero-order valence-electron chi connectivity index (χ0n) is 14.5. The summed E-state index contributed by atoms with van der Waals surface area (Å²) in [7, 11) is 2.13. The van der Waals surface area contributed by atoms with Crippen molar-refractivity contribution >= 4 is 23.2 Å². The van der Waals surface area contributed by atoms with E-state index >= 15 is 0 Å². The molecular formula is C17H26N4O2S. The molecular weight excluding hydrogens is 324 g/mol. The predicted octanol–water partition coefficient (Wildman–Crippen LogP) is 1.35. The molecule has 0 radical (unpaired) electrons. The van der Waals surface area contributed by atoms with Gasteiger partial charge in [-0.2, -0.15) is 0 Å². The smallest absolute Gasteiger partial charge is 0.242 e. The summed E-state index contributed by atoms with van der Waals surface area (Å²) in [5.74, 6) is 0.744. The number of hydrogen-bond donors (Lipinski definition) is 0. The van der Waals surface area contributed by atoms with Crippen molar-refractivity contribution in [3.05, 3.63) is 16.1 Å². The van der Waals surface area contributed by atoms with Crippen LogP contribution in [0.3, 0.4) is 0 Å². The molecule has 7 heteroatoms. The van der Waals surface area contributed by atoms with Crippen molar-refractivity contribution in [3.8, 4) is 0 Å². The van der Waals surface area contributed by atoms with Crippen LogP contribution in [0.2, 0.25) is 0 Å². The SMILES string of the molecule is Cc1ncsc1CN(C)C[C@@H]1CCN(C(=O)CN2CCCC2=O)C1. The van der Waals surface area contributed by atoms with Crippen LogP contribution < -0.4 is 0 Å². The lowest BCUT2D eigenvalue weighted by Crippen LogP contribution is -2.40. The molecule has 0 aromatic carbocycles. The van der Waals surface area contributed by atoms with Crippen LogP contribution >= 0.6 is 11.3 Å². The first kappa shape index (κ1) is 17.4. The topological polar surface area (TPSA) is 56.8 Å². The Morgan fingerprint density at radius 2 is 2.29 bits per heavy atom. The monoisotopic (exact) mass is 350 g/mol. The molecule has 0 aliphatic carbocycles. The molecule has 24 heavy (non-hydrogen) atoms. The molecule has 0 unspecified atom stereocenters. The molecule has 2 amide bonds. The second-order valence-electron chi connectivity index (χ2n) is 6.97. The van der Waals surface area contributed by atoms with Crippen LogP contribution in [0.15, 0.2) is 5.51 Å². The van der Waals surface area contributed by atoms with Crippen LogP contribution in [0, 0.1) is 12.8 Å². The Labute approximate surface area is 147 Å². The van der Waals surface area contributed by atoms with Crippen LogP contribution in [0.1, 0.15) is 29.8 Å². The highest BCUT2D eigenvalue weighted by molar-refractivity contribution is 7.09. The lowest BCUT2D eigenvalue weighted by Gasteiger charge is -2.23. The van der Waals surface area contributed by atoms with Gasteiger partial charge in [0.05, 0.1) is 17.7 Å². The van der Waals surface area contributed by atoms with E-state index in [1.165, 1.54) is 4.88 Å². The molecule has 132 valence electrons. The number of amides is 2. The van der Waals surface area contributed by atoms with Crippen LogP contribution in [-0.4, -0.2) is 71.3 Å². The minimum atomic E-state index is 0.105. The molecule has 1 aromatic rings. The Bertz CT molecular complexity index is 603. The summed E-state index contributed by atoms with van der Waals surface area (Å²) in [6.07, 6.45) is 2.53. The predicted molar refractivity (Wildman–Crippen MR) is 93.7 cm³/mol. The molecule has 0 spiro atoms. The largest absolute Gasteiger partial charge is 0.341 e. The first-order valence-corrected chi connectivity index (χ1v) is 9.54. The van der Waals surface area contributed by atoms with Gasteiger partial charge in [-0.1, -0.05) is 0 Å². The number of aryl methyl sites for hydroxylation is 1. The van der Waals surface area contributed by atoms with Gasteiger partial charge in [-0.25, -0.2) is 4.98 Å². The summed E-state index contributed by atoms with van der Waals surface area (Å²) in [4.78, 5) is 35.6. The van der Waals surface area contributed by atoms with Gasteiger partial charge < -0.3 is 14.7 Å². The van der Waals surface area contributed by atoms with Gasteiger partial charge in [-0.05, 0) is 32.7 Å². The Kier molecular flexibility index (Phi) is 5.50. The normalized spacial score (nSPS) is 21.3. The van der Waals surface area contributed by atoms with Crippen LogP contribution in [-0.2, 0) is 16.1 Å². The highest BCUT2D eigenvalue weighted by atomic mass is 32.1. The molecule has 1 atom stereocenters. The van der Waals surface area contributed by atoms with E-state index in [-0.39, 0.29) is 18.4 Å². The van der Waals surface area contributed by atoms with E-state index < -0.39 is 0 Å². The van der Waals surface area contributed by atoms with Gasteiger partial charge in [-0.3, -0.25) is 9.59 Å². The number of carbonyl (C=O) groups is 2. The van der Waals surface area contributed by atoms with Gasteiger partial charge in [0.2, 0.25) is 11.8 Å². The number of rotatable bonds is 6. The van der Waals surface area contributed by atoms with E-state index in [1.54, 1.807) is 16.2 Å². The third kappa shape index (κ3) is 4.13. The van der Waals surface area contributed by atoms with E-state index in [1.807, 2.05) is 10.4 Å². The minimum absolute atomic E-state index is 0.105. The van der Waals surface area contributed by atoms with Gasteiger partial charge in [0, 0.05) is 44.0 Å². The summed E-state index contributed by atoms with van der Waals surface area (Å²) in [6.45, 7) is 6.59. The average molecular weight is 350 g/mol. The van der Waals surface area contributed by atoms with Gasteiger partial charge in [0.1, 0.15) is 0 Å². The maximum Gasteiger partial charge on any atom is 0.242 e. The molecule has 2 fully saturated rings. The van der Waals surface area contributed by atoms with E-state index in [4.69, 9.17) is 0 Å². The van der Waals surface area contributed by atoms with Crippen molar-refractivity contribution in [1.29, 1.82) is 0 Å². The quantitative estimate of drug-likeness (QED) is 0.777. The fraction of sp³-hybridized carbons (Fsp3) is 0.706. The second-order valence-corrected chi connectivity index (χ2v) is 7.91. The standard InChI is InChI=1S/C17H26N4O2S/c1-13-15(24-12-18-13)10-19(2)8-14-5-7-21(9-14)17(23)11-20-6-3-4-16(20)22/h12,14H,3-11H2,1-2H3/t14-/m0/s1. The van der Waals surface area contributed by atoms with E-state index in [2.05, 4.69) is 23.9 Å². The fourth-order valence-corrected chi connectivity index (χ4v) is 4.43. The van der Waals surface area contributed by atoms with Crippen LogP contribution in [0.4, 0.5) is 0 Å². The second kappa shape index (κ2) is 7.61. The van der Waals surface area contributed by atoms with Gasteiger partial charge in [0.25, 0.3) is 0 Å². The summed E-state index contributed by atoms with van der Waals surface area (Å²) in [6, 6.07) is 0. The molecule has 1 aromatic heterocycles. The fourth-order valence-electron chi connectivity index (χ4n) is 3.57. The number of carbonyl (C=O) groups excluding carboxylic acids is 2. The highest BCUT2D eigenvalue weighted by Crippen LogP contribution is 2.20. The summed E-state index contributed by atoms with van der Waals surface area (Å²) in [5.41, 5.74) is 3.01. The number of aromatic nitrogens is 1. The maximum absolute atomic E-state index is 12.4. The van der Waals surface area contributed by atoms with Gasteiger partial charge >= 0.3 is 0 Å². The zero-order chi connectivity index (χ0) is 17.1. The molecule has 2 aliphatic heterocycles. The molecule has 3 rings (SSSR count). The molecule has 3 heterocycles. The summed E-state index contributed by atoms with van der Waals surface area (Å²) < 4.78 is 0. The third-order valence-corrected chi connectivity index (χ3v) is 5.88. The Morgan fingerprint density at radius 1 is 1.46 bits per heavy atom. The van der Waals surface area contributed by atoms with Crippen molar-refractivity contribution in [2.75, 3.05) is 39.8 Å². The van der Waals surface area contributed by atoms with Crippen molar-refractivity contribution in [1.82, 2.24) is 19.7 Å². The number of thiazole rings is 1. The van der Waals surface area contributed by atoms with Gasteiger partial charge in [-0.15, -0.1) is 11.3 Å². The van der Waals surface area contributed by atoms with Crippen LogP contribution in [0.5, 0.6) is 0 Å². The molecule has 0 bridgehead atoms. The summed E-state index contributed by atoms with van der Waals surface area (Å²) >= 11 is 1.70. The third-order valence-electron chi connectivity index (χ3n) is 4.96. The Balaban J connectivity index is 1.44. The molecule has 2 saturated heterocycles. The Hall–Kier alpha value is -1.47. The first-order valence-electron chi connectivity index (χ1n) is 8.66. The molecule has 0 N–H and O–H groups in total. The first-order chi connectivity index (χ1) is 11.5. The van der Waals surface area contributed by atoms with Crippen molar-refractivity contribution in [2.24, 2.45) is 5.92 Å². The maximum atomic E-state index is 12.4. The minimum Gasteiger partial charge on any atom is -0.341 e. The van der Waals surface area contributed by atoms with E-state index in [0.717, 1.165) is 51.3 Å². The lowest BCUT2D eigenvalue weighted by atomic mass is 10.1. The molecule has 0 saturated carbocycles. The van der Waals surface area contributed by atoms with Gasteiger partial charge in [0.15, 0.2) is 0 Å². The number of hydrogen-bond acceptors (Lipinski definition) is 5. The van der Waals surface area contributed by atoms with Crippen molar-refractivity contribution in [3.63, 3.8) is 0 Å². The molecule has 2 aliphatic rings. The number of likely N-dealkylation sites (tertiary alicyclic amines) is 2. The van der Waals surface area contributed by atoms with Crippen LogP contribution in [0.25, 0.3) is 0 Å².